The quantitative estimate of drug-likeness (QED) is 0.535. The van der Waals surface area contributed by atoms with Crippen molar-refractivity contribution in [2.45, 2.75) is 0 Å². The van der Waals surface area contributed by atoms with E-state index in [9.17, 15) is 8.42 Å². The van der Waals surface area contributed by atoms with Gasteiger partial charge in [0, 0.05) is 36.1 Å². The maximum Gasteiger partial charge on any atom is 0.151 e. The van der Waals surface area contributed by atoms with Gasteiger partial charge in [-0.2, -0.15) is 23.5 Å². The molecule has 0 aromatic rings. The lowest BCUT2D eigenvalue weighted by Crippen LogP contribution is -2.16. The lowest BCUT2D eigenvalue weighted by molar-refractivity contribution is 0.599. The van der Waals surface area contributed by atoms with Crippen molar-refractivity contribution in [2.24, 2.45) is 11.5 Å². The third kappa shape index (κ3) is 10.8. The van der Waals surface area contributed by atoms with Crippen LogP contribution in [-0.2, 0) is 9.84 Å². The zero-order valence-corrected chi connectivity index (χ0v) is 11.3. The maximum atomic E-state index is 11.5. The standard InChI is InChI=1S/C8H20N2O2S3/c9-1-3-13-5-7-15(11,12)8-6-14-4-2-10/h1-10H2. The monoisotopic (exact) mass is 272 g/mol. The van der Waals surface area contributed by atoms with Gasteiger partial charge in [0.05, 0.1) is 11.5 Å². The minimum atomic E-state index is -2.87. The van der Waals surface area contributed by atoms with E-state index in [0.717, 1.165) is 11.5 Å². The Morgan fingerprint density at radius 1 is 0.800 bits per heavy atom. The van der Waals surface area contributed by atoms with Crippen LogP contribution in [0.2, 0.25) is 0 Å². The molecule has 0 heterocycles. The van der Waals surface area contributed by atoms with Gasteiger partial charge in [-0.1, -0.05) is 0 Å². The average Bonchev–Trinajstić information content (AvgIpc) is 2.20. The van der Waals surface area contributed by atoms with Crippen LogP contribution in [0.3, 0.4) is 0 Å². The van der Waals surface area contributed by atoms with E-state index in [0.29, 0.717) is 24.6 Å². The van der Waals surface area contributed by atoms with Crippen LogP contribution in [0.1, 0.15) is 0 Å². The van der Waals surface area contributed by atoms with Crippen molar-refractivity contribution in [3.63, 3.8) is 0 Å². The first-order chi connectivity index (χ1) is 7.12. The highest BCUT2D eigenvalue weighted by Crippen LogP contribution is 2.04. The fourth-order valence-corrected chi connectivity index (χ4v) is 4.76. The zero-order chi connectivity index (χ0) is 11.6. The molecule has 0 saturated heterocycles. The summed E-state index contributed by atoms with van der Waals surface area (Å²) in [5.74, 6) is 3.50. The minimum absolute atomic E-state index is 0.265. The van der Waals surface area contributed by atoms with Crippen molar-refractivity contribution in [1.82, 2.24) is 0 Å². The molecule has 0 spiro atoms. The summed E-state index contributed by atoms with van der Waals surface area (Å²) in [6.07, 6.45) is 0. The highest BCUT2D eigenvalue weighted by molar-refractivity contribution is 8.02. The third-order valence-corrected chi connectivity index (χ3v) is 5.81. The van der Waals surface area contributed by atoms with Crippen LogP contribution in [0.5, 0.6) is 0 Å². The maximum absolute atomic E-state index is 11.5. The Bertz CT molecular complexity index is 214. The lowest BCUT2D eigenvalue weighted by Gasteiger charge is -2.03. The molecule has 0 aliphatic rings. The molecule has 4 N–H and O–H groups in total. The second kappa shape index (κ2) is 9.77. The number of hydrogen-bond donors (Lipinski definition) is 2. The molecule has 0 rings (SSSR count). The molecule has 0 bridgehead atoms. The van der Waals surface area contributed by atoms with Gasteiger partial charge in [0.2, 0.25) is 0 Å². The van der Waals surface area contributed by atoms with E-state index < -0.39 is 9.84 Å². The topological polar surface area (TPSA) is 86.2 Å². The molecule has 15 heavy (non-hydrogen) atoms. The van der Waals surface area contributed by atoms with Crippen LogP contribution in [-0.4, -0.2) is 56.0 Å². The first-order valence-electron chi connectivity index (χ1n) is 4.88. The second-order valence-electron chi connectivity index (χ2n) is 2.95. The average molecular weight is 272 g/mol. The van der Waals surface area contributed by atoms with Gasteiger partial charge in [-0.05, 0) is 0 Å². The predicted molar refractivity (Wildman–Crippen MR) is 71.4 cm³/mol. The molecule has 92 valence electrons. The summed E-state index contributed by atoms with van der Waals surface area (Å²) in [7, 11) is -2.87. The number of hydrogen-bond acceptors (Lipinski definition) is 6. The van der Waals surface area contributed by atoms with Gasteiger partial charge in [0.15, 0.2) is 9.84 Å². The second-order valence-corrected chi connectivity index (χ2v) is 7.71. The van der Waals surface area contributed by atoms with E-state index in [1.54, 1.807) is 23.5 Å². The van der Waals surface area contributed by atoms with Gasteiger partial charge < -0.3 is 11.5 Å². The minimum Gasteiger partial charge on any atom is -0.330 e. The Balaban J connectivity index is 3.50. The van der Waals surface area contributed by atoms with Gasteiger partial charge in [0.1, 0.15) is 0 Å². The van der Waals surface area contributed by atoms with Crippen LogP contribution in [0, 0.1) is 0 Å². The largest absolute Gasteiger partial charge is 0.330 e. The van der Waals surface area contributed by atoms with E-state index >= 15 is 0 Å². The van der Waals surface area contributed by atoms with Crippen molar-refractivity contribution in [3.8, 4) is 0 Å². The Morgan fingerprint density at radius 2 is 1.20 bits per heavy atom. The van der Waals surface area contributed by atoms with Crippen LogP contribution in [0.25, 0.3) is 0 Å². The summed E-state index contributed by atoms with van der Waals surface area (Å²) in [5, 5.41) is 0. The van der Waals surface area contributed by atoms with Gasteiger partial charge in [-0.3, -0.25) is 0 Å². The van der Waals surface area contributed by atoms with Gasteiger partial charge in [-0.25, -0.2) is 8.42 Å². The van der Waals surface area contributed by atoms with Gasteiger partial charge in [0.25, 0.3) is 0 Å². The number of rotatable bonds is 10. The molecule has 0 amide bonds. The van der Waals surface area contributed by atoms with Gasteiger partial charge in [-0.15, -0.1) is 0 Å². The molecular formula is C8H20N2O2S3. The highest BCUT2D eigenvalue weighted by Gasteiger charge is 2.09. The smallest absolute Gasteiger partial charge is 0.151 e. The summed E-state index contributed by atoms with van der Waals surface area (Å²) in [5.41, 5.74) is 10.6. The molecular weight excluding hydrogens is 252 g/mol. The Hall–Kier alpha value is 0.570. The molecule has 4 nitrogen and oxygen atoms in total. The van der Waals surface area contributed by atoms with E-state index in [2.05, 4.69) is 0 Å². The first-order valence-corrected chi connectivity index (χ1v) is 9.01. The zero-order valence-electron chi connectivity index (χ0n) is 8.85. The summed E-state index contributed by atoms with van der Waals surface area (Å²) in [6, 6.07) is 0. The Morgan fingerprint density at radius 3 is 1.53 bits per heavy atom. The molecule has 0 aromatic heterocycles. The molecule has 7 heteroatoms. The molecule has 0 radical (unpaired) electrons. The number of nitrogens with two attached hydrogens (primary N) is 2. The van der Waals surface area contributed by atoms with Crippen molar-refractivity contribution in [3.05, 3.63) is 0 Å². The fraction of sp³-hybridized carbons (Fsp3) is 1.00. The SMILES string of the molecule is NCCSCCS(=O)(=O)CCSCCN. The Labute approximate surface area is 101 Å². The molecule has 0 aromatic carbocycles. The molecule has 0 unspecified atom stereocenters. The van der Waals surface area contributed by atoms with E-state index in [1.165, 1.54) is 0 Å². The first kappa shape index (κ1) is 15.6. The normalized spacial score (nSPS) is 11.9. The molecule has 0 aliphatic carbocycles. The van der Waals surface area contributed by atoms with Crippen molar-refractivity contribution >= 4 is 33.4 Å². The summed E-state index contributed by atoms with van der Waals surface area (Å²) < 4.78 is 22.9. The number of sulfone groups is 1. The summed E-state index contributed by atoms with van der Waals surface area (Å²) in [4.78, 5) is 0. The summed E-state index contributed by atoms with van der Waals surface area (Å²) >= 11 is 3.19. The summed E-state index contributed by atoms with van der Waals surface area (Å²) in [6.45, 7) is 1.22. The van der Waals surface area contributed by atoms with E-state index in [1.807, 2.05) is 0 Å². The van der Waals surface area contributed by atoms with Crippen LogP contribution in [0.15, 0.2) is 0 Å². The lowest BCUT2D eigenvalue weighted by atomic mass is 10.8. The molecule has 0 aliphatic heterocycles. The highest BCUT2D eigenvalue weighted by atomic mass is 32.2. The van der Waals surface area contributed by atoms with Crippen molar-refractivity contribution in [2.75, 3.05) is 47.6 Å². The van der Waals surface area contributed by atoms with Crippen LogP contribution in [0.4, 0.5) is 0 Å². The fourth-order valence-electron chi connectivity index (χ4n) is 0.845. The van der Waals surface area contributed by atoms with Crippen LogP contribution >= 0.6 is 23.5 Å². The van der Waals surface area contributed by atoms with Gasteiger partial charge >= 0.3 is 0 Å². The number of thioether (sulfide) groups is 2. The van der Waals surface area contributed by atoms with E-state index in [4.69, 9.17) is 11.5 Å². The van der Waals surface area contributed by atoms with Crippen molar-refractivity contribution in [1.29, 1.82) is 0 Å². The third-order valence-electron chi connectivity index (χ3n) is 1.60. The molecule has 0 fully saturated rings. The Kier molecular flexibility index (Phi) is 10.1. The van der Waals surface area contributed by atoms with Crippen molar-refractivity contribution < 1.29 is 8.42 Å². The van der Waals surface area contributed by atoms with Crippen LogP contribution < -0.4 is 11.5 Å². The molecule has 0 atom stereocenters. The van der Waals surface area contributed by atoms with E-state index in [-0.39, 0.29) is 11.5 Å². The predicted octanol–water partition coefficient (Wildman–Crippen LogP) is -0.215. The molecule has 0 saturated carbocycles.